The minimum atomic E-state index is -0.563. The highest BCUT2D eigenvalue weighted by Gasteiger charge is 2.14. The van der Waals surface area contributed by atoms with Crippen molar-refractivity contribution in [1.82, 2.24) is 5.32 Å². The maximum atomic E-state index is 10.3. The Balaban J connectivity index is 1.63. The van der Waals surface area contributed by atoms with E-state index in [1.165, 1.54) is 0 Å². The first-order valence-electron chi connectivity index (χ1n) is 9.73. The van der Waals surface area contributed by atoms with E-state index in [1.54, 1.807) is 0 Å². The van der Waals surface area contributed by atoms with Crippen molar-refractivity contribution < 1.29 is 14.6 Å². The molecule has 0 bridgehead atoms. The van der Waals surface area contributed by atoms with E-state index in [9.17, 15) is 5.11 Å². The van der Waals surface area contributed by atoms with Crippen LogP contribution in [-0.4, -0.2) is 18.3 Å². The van der Waals surface area contributed by atoms with E-state index in [1.807, 2.05) is 79.7 Å². The quantitative estimate of drug-likeness (QED) is 0.485. The van der Waals surface area contributed by atoms with Gasteiger partial charge in [0, 0.05) is 13.1 Å². The van der Waals surface area contributed by atoms with Gasteiger partial charge in [0.05, 0.1) is 17.7 Å². The van der Waals surface area contributed by atoms with Gasteiger partial charge in [0.15, 0.2) is 11.5 Å². The molecule has 0 radical (unpaired) electrons. The zero-order valence-electron chi connectivity index (χ0n) is 16.5. The number of rotatable bonds is 10. The molecule has 0 fully saturated rings. The molecule has 0 aliphatic carbocycles. The van der Waals surface area contributed by atoms with Gasteiger partial charge in [0.2, 0.25) is 0 Å². The first kappa shape index (κ1) is 21.2. The molecule has 0 heterocycles. The van der Waals surface area contributed by atoms with Crippen molar-refractivity contribution >= 4 is 11.6 Å². The summed E-state index contributed by atoms with van der Waals surface area (Å²) >= 11 is 6.49. The molecule has 0 aromatic heterocycles. The molecule has 0 aliphatic heterocycles. The fourth-order valence-corrected chi connectivity index (χ4v) is 3.29. The lowest BCUT2D eigenvalue weighted by Crippen LogP contribution is -2.21. The minimum Gasteiger partial charge on any atom is -0.490 e. The molecule has 3 aromatic rings. The van der Waals surface area contributed by atoms with Crippen LogP contribution in [0.25, 0.3) is 0 Å². The molecule has 0 amide bonds. The van der Waals surface area contributed by atoms with Crippen molar-refractivity contribution in [2.45, 2.75) is 26.2 Å². The van der Waals surface area contributed by atoms with Crippen LogP contribution >= 0.6 is 11.6 Å². The summed E-state index contributed by atoms with van der Waals surface area (Å²) in [5, 5.41) is 14.1. The van der Waals surface area contributed by atoms with Gasteiger partial charge in [-0.3, -0.25) is 0 Å². The van der Waals surface area contributed by atoms with E-state index >= 15 is 0 Å². The van der Waals surface area contributed by atoms with E-state index in [0.29, 0.717) is 42.8 Å². The van der Waals surface area contributed by atoms with Crippen molar-refractivity contribution in [2.75, 3.05) is 13.2 Å². The summed E-state index contributed by atoms with van der Waals surface area (Å²) in [5.41, 5.74) is 2.91. The van der Waals surface area contributed by atoms with Gasteiger partial charge in [-0.2, -0.15) is 0 Å². The normalized spacial score (nSPS) is 11.8. The molecule has 29 heavy (non-hydrogen) atoms. The highest BCUT2D eigenvalue weighted by molar-refractivity contribution is 6.32. The van der Waals surface area contributed by atoms with Crippen LogP contribution < -0.4 is 14.8 Å². The maximum absolute atomic E-state index is 10.3. The van der Waals surface area contributed by atoms with Gasteiger partial charge < -0.3 is 19.9 Å². The van der Waals surface area contributed by atoms with Crippen LogP contribution in [-0.2, 0) is 13.2 Å². The van der Waals surface area contributed by atoms with Gasteiger partial charge in [0.25, 0.3) is 0 Å². The summed E-state index contributed by atoms with van der Waals surface area (Å²) < 4.78 is 11.7. The van der Waals surface area contributed by atoms with E-state index in [4.69, 9.17) is 21.1 Å². The van der Waals surface area contributed by atoms with Crippen molar-refractivity contribution in [1.29, 1.82) is 0 Å². The standard InChI is InChI=1S/C24H26ClNO3/c1-2-28-23-14-19(15-26-16-22(27)20-11-7-4-8-12-20)13-21(25)24(23)29-17-18-9-5-3-6-10-18/h3-14,22,26-27H,2,15-17H2,1H3/t22-/m1/s1. The average molecular weight is 412 g/mol. The highest BCUT2D eigenvalue weighted by atomic mass is 35.5. The molecule has 3 rings (SSSR count). The predicted molar refractivity (Wildman–Crippen MR) is 117 cm³/mol. The second-order valence-electron chi connectivity index (χ2n) is 6.67. The van der Waals surface area contributed by atoms with E-state index in [0.717, 1.165) is 16.7 Å². The number of ether oxygens (including phenoxy) is 2. The lowest BCUT2D eigenvalue weighted by atomic mass is 10.1. The molecule has 2 N–H and O–H groups in total. The van der Waals surface area contributed by atoms with Crippen molar-refractivity contribution in [2.24, 2.45) is 0 Å². The van der Waals surface area contributed by atoms with Gasteiger partial charge in [0.1, 0.15) is 6.61 Å². The molecule has 0 unspecified atom stereocenters. The van der Waals surface area contributed by atoms with Crippen LogP contribution in [0.1, 0.15) is 29.7 Å². The fraction of sp³-hybridized carbons (Fsp3) is 0.250. The van der Waals surface area contributed by atoms with Gasteiger partial charge in [-0.1, -0.05) is 72.3 Å². The van der Waals surface area contributed by atoms with Crippen LogP contribution in [0.5, 0.6) is 11.5 Å². The lowest BCUT2D eigenvalue weighted by molar-refractivity contribution is 0.174. The van der Waals surface area contributed by atoms with Crippen LogP contribution in [0.4, 0.5) is 0 Å². The Morgan fingerprint density at radius 3 is 2.31 bits per heavy atom. The molecule has 1 atom stereocenters. The van der Waals surface area contributed by atoms with Gasteiger partial charge in [-0.25, -0.2) is 0 Å². The zero-order chi connectivity index (χ0) is 20.5. The van der Waals surface area contributed by atoms with Gasteiger partial charge in [-0.05, 0) is 35.7 Å². The molecule has 152 valence electrons. The van der Waals surface area contributed by atoms with E-state index in [-0.39, 0.29) is 0 Å². The maximum Gasteiger partial charge on any atom is 0.180 e. The third-order valence-corrected chi connectivity index (χ3v) is 4.73. The van der Waals surface area contributed by atoms with Crippen molar-refractivity contribution in [3.05, 3.63) is 94.5 Å². The monoisotopic (exact) mass is 411 g/mol. The smallest absolute Gasteiger partial charge is 0.180 e. The number of halogens is 1. The number of hydrogen-bond donors (Lipinski definition) is 2. The number of hydrogen-bond acceptors (Lipinski definition) is 4. The Bertz CT molecular complexity index is 887. The average Bonchev–Trinajstić information content (AvgIpc) is 2.74. The summed E-state index contributed by atoms with van der Waals surface area (Å²) in [6.45, 7) is 3.86. The molecular formula is C24H26ClNO3. The Labute approximate surface area is 177 Å². The van der Waals surface area contributed by atoms with Crippen LogP contribution in [0.3, 0.4) is 0 Å². The predicted octanol–water partition coefficient (Wildman–Crippen LogP) is 5.14. The Hall–Kier alpha value is -2.53. The molecule has 0 spiro atoms. The first-order valence-corrected chi connectivity index (χ1v) is 10.1. The highest BCUT2D eigenvalue weighted by Crippen LogP contribution is 2.37. The Morgan fingerprint density at radius 2 is 1.62 bits per heavy atom. The van der Waals surface area contributed by atoms with Gasteiger partial charge in [-0.15, -0.1) is 0 Å². The second-order valence-corrected chi connectivity index (χ2v) is 7.08. The third-order valence-electron chi connectivity index (χ3n) is 4.45. The SMILES string of the molecule is CCOc1cc(CNC[C@@H](O)c2ccccc2)cc(Cl)c1OCc1ccccc1. The summed E-state index contributed by atoms with van der Waals surface area (Å²) in [6.07, 6.45) is -0.563. The number of aliphatic hydroxyl groups excluding tert-OH is 1. The number of benzene rings is 3. The summed E-state index contributed by atoms with van der Waals surface area (Å²) in [7, 11) is 0. The zero-order valence-corrected chi connectivity index (χ0v) is 17.2. The molecule has 3 aromatic carbocycles. The second kappa shape index (κ2) is 10.9. The number of aliphatic hydroxyl groups is 1. The topological polar surface area (TPSA) is 50.7 Å². The summed E-state index contributed by atoms with van der Waals surface area (Å²) in [4.78, 5) is 0. The Morgan fingerprint density at radius 1 is 0.931 bits per heavy atom. The molecule has 4 nitrogen and oxygen atoms in total. The molecular weight excluding hydrogens is 386 g/mol. The number of nitrogens with one attached hydrogen (secondary N) is 1. The van der Waals surface area contributed by atoms with Crippen LogP contribution in [0.15, 0.2) is 72.8 Å². The van der Waals surface area contributed by atoms with Crippen molar-refractivity contribution in [3.63, 3.8) is 0 Å². The van der Waals surface area contributed by atoms with E-state index in [2.05, 4.69) is 5.32 Å². The van der Waals surface area contributed by atoms with Crippen LogP contribution in [0.2, 0.25) is 5.02 Å². The van der Waals surface area contributed by atoms with Crippen molar-refractivity contribution in [3.8, 4) is 11.5 Å². The molecule has 0 saturated carbocycles. The molecule has 0 aliphatic rings. The molecule has 5 heteroatoms. The summed E-state index contributed by atoms with van der Waals surface area (Å²) in [6, 6.07) is 23.3. The summed E-state index contributed by atoms with van der Waals surface area (Å²) in [5.74, 6) is 1.17. The largest absolute Gasteiger partial charge is 0.490 e. The van der Waals surface area contributed by atoms with Gasteiger partial charge >= 0.3 is 0 Å². The van der Waals surface area contributed by atoms with E-state index < -0.39 is 6.10 Å². The molecule has 0 saturated heterocycles. The van der Waals surface area contributed by atoms with Crippen LogP contribution in [0, 0.1) is 0 Å². The fourth-order valence-electron chi connectivity index (χ4n) is 3.00. The first-order chi connectivity index (χ1) is 14.2. The third kappa shape index (κ3) is 6.23. The Kier molecular flexibility index (Phi) is 7.94. The lowest BCUT2D eigenvalue weighted by Gasteiger charge is -2.16. The minimum absolute atomic E-state index is 0.418.